The molecular weight excluding hydrogens is 418 g/mol. The van der Waals surface area contributed by atoms with Crippen LogP contribution >= 0.6 is 0 Å². The summed E-state index contributed by atoms with van der Waals surface area (Å²) < 4.78 is 0. The third-order valence-electron chi connectivity index (χ3n) is 7.05. The Morgan fingerprint density at radius 2 is 1.88 bits per heavy atom. The molecule has 3 aliphatic heterocycles. The fourth-order valence-electron chi connectivity index (χ4n) is 5.29. The van der Waals surface area contributed by atoms with Gasteiger partial charge in [-0.1, -0.05) is 18.2 Å². The number of rotatable bonds is 5. The van der Waals surface area contributed by atoms with Gasteiger partial charge in [0.2, 0.25) is 11.8 Å². The summed E-state index contributed by atoms with van der Waals surface area (Å²) >= 11 is 0. The lowest BCUT2D eigenvalue weighted by Gasteiger charge is -2.48. The van der Waals surface area contributed by atoms with Gasteiger partial charge in [-0.15, -0.1) is 0 Å². The largest absolute Gasteiger partial charge is 0.356 e. The summed E-state index contributed by atoms with van der Waals surface area (Å²) in [6.07, 6.45) is 6.17. The van der Waals surface area contributed by atoms with E-state index in [9.17, 15) is 14.4 Å². The van der Waals surface area contributed by atoms with Crippen LogP contribution in [0, 0.1) is 0 Å². The molecule has 3 aliphatic rings. The van der Waals surface area contributed by atoms with E-state index in [1.165, 1.54) is 6.42 Å². The highest BCUT2D eigenvalue weighted by molar-refractivity contribution is 6.11. The van der Waals surface area contributed by atoms with Crippen molar-refractivity contribution in [3.05, 3.63) is 53.7 Å². The molecule has 8 nitrogen and oxygen atoms in total. The lowest BCUT2D eigenvalue weighted by Crippen LogP contribution is -2.63. The van der Waals surface area contributed by atoms with Crippen LogP contribution < -0.4 is 15.1 Å². The first kappa shape index (κ1) is 21.4. The van der Waals surface area contributed by atoms with Crippen molar-refractivity contribution in [2.24, 2.45) is 0 Å². The number of nitrogens with zero attached hydrogens (tertiary/aromatic N) is 4. The van der Waals surface area contributed by atoms with E-state index < -0.39 is 5.66 Å². The van der Waals surface area contributed by atoms with Gasteiger partial charge in [-0.2, -0.15) is 0 Å². The molecule has 2 saturated heterocycles. The van der Waals surface area contributed by atoms with Crippen LogP contribution in [-0.2, 0) is 16.1 Å². The smallest absolute Gasteiger partial charge is 0.258 e. The number of piperidine rings is 1. The Morgan fingerprint density at radius 1 is 1.09 bits per heavy atom. The van der Waals surface area contributed by atoms with Crippen molar-refractivity contribution in [2.75, 3.05) is 29.4 Å². The van der Waals surface area contributed by atoms with E-state index in [0.29, 0.717) is 30.6 Å². The molecule has 0 aliphatic carbocycles. The van der Waals surface area contributed by atoms with Crippen LogP contribution in [0.1, 0.15) is 54.9 Å². The zero-order chi connectivity index (χ0) is 23.0. The number of para-hydroxylation sites is 1. The first-order valence-corrected chi connectivity index (χ1v) is 11.7. The molecule has 0 bridgehead atoms. The molecule has 1 aromatic heterocycles. The zero-order valence-corrected chi connectivity index (χ0v) is 18.9. The summed E-state index contributed by atoms with van der Waals surface area (Å²) in [7, 11) is 0. The normalized spacial score (nSPS) is 22.3. The number of nitrogens with one attached hydrogen (secondary N) is 1. The number of carbonyl (C=O) groups is 3. The summed E-state index contributed by atoms with van der Waals surface area (Å²) in [6, 6.07) is 11.0. The van der Waals surface area contributed by atoms with Crippen molar-refractivity contribution in [1.29, 1.82) is 0 Å². The molecule has 0 saturated carbocycles. The number of carbonyl (C=O) groups excluding carboxylic acids is 3. The van der Waals surface area contributed by atoms with Gasteiger partial charge >= 0.3 is 0 Å². The maximum absolute atomic E-state index is 13.3. The van der Waals surface area contributed by atoms with Crippen LogP contribution in [0.15, 0.2) is 42.6 Å². The average molecular weight is 448 g/mol. The van der Waals surface area contributed by atoms with Crippen LogP contribution in [0.2, 0.25) is 0 Å². The minimum atomic E-state index is -0.840. The molecule has 33 heavy (non-hydrogen) atoms. The summed E-state index contributed by atoms with van der Waals surface area (Å²) in [5, 5.41) is 2.98. The van der Waals surface area contributed by atoms with Gasteiger partial charge in [0.1, 0.15) is 18.0 Å². The average Bonchev–Trinajstić information content (AvgIpc) is 3.16. The van der Waals surface area contributed by atoms with Gasteiger partial charge < -0.3 is 15.1 Å². The van der Waals surface area contributed by atoms with Crippen molar-refractivity contribution >= 4 is 29.2 Å². The predicted molar refractivity (Wildman–Crippen MR) is 125 cm³/mol. The minimum absolute atomic E-state index is 0.0237. The molecule has 1 unspecified atom stereocenters. The quantitative estimate of drug-likeness (QED) is 0.762. The molecule has 5 rings (SSSR count). The van der Waals surface area contributed by atoms with E-state index in [4.69, 9.17) is 0 Å². The number of amides is 3. The van der Waals surface area contributed by atoms with Crippen molar-refractivity contribution in [3.63, 3.8) is 0 Å². The number of hydrogen-bond donors (Lipinski definition) is 1. The Labute approximate surface area is 193 Å². The van der Waals surface area contributed by atoms with E-state index in [-0.39, 0.29) is 24.3 Å². The van der Waals surface area contributed by atoms with E-state index >= 15 is 0 Å². The molecule has 4 heterocycles. The lowest BCUT2D eigenvalue weighted by molar-refractivity contribution is -0.124. The van der Waals surface area contributed by atoms with Gasteiger partial charge in [0, 0.05) is 37.8 Å². The third kappa shape index (κ3) is 3.73. The molecular formula is C25H29N5O3. The number of aromatic nitrogens is 1. The van der Waals surface area contributed by atoms with Crippen LogP contribution in [0.5, 0.6) is 0 Å². The highest BCUT2D eigenvalue weighted by Gasteiger charge is 2.53. The van der Waals surface area contributed by atoms with Crippen LogP contribution in [0.4, 0.5) is 11.5 Å². The SMILES string of the molecule is CC12CCC(=O)N1c1ccccc1C(=O)N2CC(=O)NCc1cccnc1N1CCCCC1. The van der Waals surface area contributed by atoms with E-state index in [1.807, 2.05) is 25.1 Å². The van der Waals surface area contributed by atoms with Gasteiger partial charge in [0.15, 0.2) is 0 Å². The zero-order valence-electron chi connectivity index (χ0n) is 18.9. The molecule has 8 heteroatoms. The predicted octanol–water partition coefficient (Wildman–Crippen LogP) is 2.69. The molecule has 1 atom stereocenters. The Balaban J connectivity index is 1.33. The maximum atomic E-state index is 13.3. The number of hydrogen-bond acceptors (Lipinski definition) is 5. The Morgan fingerprint density at radius 3 is 2.70 bits per heavy atom. The second-order valence-corrected chi connectivity index (χ2v) is 9.17. The van der Waals surface area contributed by atoms with E-state index in [1.54, 1.807) is 34.2 Å². The Hall–Kier alpha value is -3.42. The first-order valence-electron chi connectivity index (χ1n) is 11.7. The van der Waals surface area contributed by atoms with Crippen molar-refractivity contribution < 1.29 is 14.4 Å². The van der Waals surface area contributed by atoms with Crippen molar-refractivity contribution in [3.8, 4) is 0 Å². The van der Waals surface area contributed by atoms with Crippen molar-refractivity contribution in [1.82, 2.24) is 15.2 Å². The van der Waals surface area contributed by atoms with Crippen molar-refractivity contribution in [2.45, 2.75) is 51.2 Å². The molecule has 2 fully saturated rings. The number of anilines is 2. The van der Waals surface area contributed by atoms with Gasteiger partial charge in [-0.05, 0) is 50.8 Å². The summed E-state index contributed by atoms with van der Waals surface area (Å²) in [5.74, 6) is 0.422. The number of benzene rings is 1. The summed E-state index contributed by atoms with van der Waals surface area (Å²) in [5.41, 5.74) is 1.21. The molecule has 1 aromatic carbocycles. The van der Waals surface area contributed by atoms with Gasteiger partial charge in [0.25, 0.3) is 5.91 Å². The maximum Gasteiger partial charge on any atom is 0.258 e. The minimum Gasteiger partial charge on any atom is -0.356 e. The van der Waals surface area contributed by atoms with Gasteiger partial charge in [0.05, 0.1) is 11.3 Å². The number of pyridine rings is 1. The third-order valence-corrected chi connectivity index (χ3v) is 7.05. The standard InChI is InChI=1S/C25H29N5O3/c1-25-12-11-22(32)30(25)20-10-4-3-9-19(20)24(33)29(25)17-21(31)27-16-18-8-7-13-26-23(18)28-14-5-2-6-15-28/h3-4,7-10,13H,2,5-6,11-12,14-17H2,1H3,(H,27,31). The van der Waals surface area contributed by atoms with Gasteiger partial charge in [-0.3, -0.25) is 19.3 Å². The topological polar surface area (TPSA) is 85.8 Å². The Bertz CT molecular complexity index is 1100. The van der Waals surface area contributed by atoms with Crippen LogP contribution in [-0.4, -0.2) is 52.9 Å². The fraction of sp³-hybridized carbons (Fsp3) is 0.440. The second kappa shape index (κ2) is 8.50. The summed E-state index contributed by atoms with van der Waals surface area (Å²) in [4.78, 5) is 49.1. The fourth-order valence-corrected chi connectivity index (χ4v) is 5.29. The Kier molecular flexibility index (Phi) is 5.52. The molecule has 172 valence electrons. The van der Waals surface area contributed by atoms with E-state index in [2.05, 4.69) is 15.2 Å². The second-order valence-electron chi connectivity index (χ2n) is 9.17. The molecule has 2 aromatic rings. The molecule has 0 spiro atoms. The highest BCUT2D eigenvalue weighted by Crippen LogP contribution is 2.43. The molecule has 1 N–H and O–H groups in total. The summed E-state index contributed by atoms with van der Waals surface area (Å²) in [6.45, 7) is 4.06. The molecule has 0 radical (unpaired) electrons. The highest BCUT2D eigenvalue weighted by atomic mass is 16.2. The van der Waals surface area contributed by atoms with Crippen LogP contribution in [0.3, 0.4) is 0 Å². The number of fused-ring (bicyclic) bond motifs is 3. The van der Waals surface area contributed by atoms with Crippen LogP contribution in [0.25, 0.3) is 0 Å². The van der Waals surface area contributed by atoms with Gasteiger partial charge in [-0.25, -0.2) is 4.98 Å². The molecule has 3 amide bonds. The first-order chi connectivity index (χ1) is 16.0. The lowest BCUT2D eigenvalue weighted by atomic mass is 9.98. The van der Waals surface area contributed by atoms with E-state index in [0.717, 1.165) is 37.3 Å². The monoisotopic (exact) mass is 447 g/mol.